The zero-order valence-electron chi connectivity index (χ0n) is 14.4. The van der Waals surface area contributed by atoms with E-state index in [1.165, 1.54) is 24.3 Å². The second-order valence-corrected chi connectivity index (χ2v) is 5.73. The summed E-state index contributed by atoms with van der Waals surface area (Å²) in [4.78, 5) is 11.7. The van der Waals surface area contributed by atoms with Crippen LogP contribution >= 0.6 is 0 Å². The number of benzene rings is 2. The predicted octanol–water partition coefficient (Wildman–Crippen LogP) is 4.19. The number of esters is 1. The number of nitrogens with zero attached hydrogens (tertiary/aromatic N) is 3. The van der Waals surface area contributed by atoms with Crippen molar-refractivity contribution in [2.75, 3.05) is 6.61 Å². The Bertz CT molecular complexity index is 920. The summed E-state index contributed by atoms with van der Waals surface area (Å²) in [5, 5.41) is 7.43. The topological polar surface area (TPSA) is 57.0 Å². The lowest BCUT2D eigenvalue weighted by Gasteiger charge is -2.11. The number of carbonyl (C=O) groups excluding carboxylic acids is 1. The highest BCUT2D eigenvalue weighted by atomic mass is 19.4. The van der Waals surface area contributed by atoms with Crippen LogP contribution in [0.4, 0.5) is 13.2 Å². The Balaban J connectivity index is 1.97. The summed E-state index contributed by atoms with van der Waals surface area (Å²) in [5.74, 6) is -0.534. The fourth-order valence-corrected chi connectivity index (χ4v) is 2.63. The molecule has 0 atom stereocenters. The van der Waals surface area contributed by atoms with Gasteiger partial charge in [-0.1, -0.05) is 47.7 Å². The molecule has 0 saturated carbocycles. The second kappa shape index (κ2) is 7.61. The number of aromatic nitrogens is 3. The molecule has 8 heteroatoms. The normalized spacial score (nSPS) is 11.4. The Kier molecular flexibility index (Phi) is 5.25. The Morgan fingerprint density at radius 2 is 1.74 bits per heavy atom. The van der Waals surface area contributed by atoms with Crippen molar-refractivity contribution >= 4 is 5.97 Å². The molecule has 2 aromatic carbocycles. The van der Waals surface area contributed by atoms with Crippen LogP contribution in [0, 0.1) is 0 Å². The van der Waals surface area contributed by atoms with Gasteiger partial charge in [0.15, 0.2) is 5.69 Å². The third kappa shape index (κ3) is 4.16. The predicted molar refractivity (Wildman–Crippen MR) is 92.0 cm³/mol. The van der Waals surface area contributed by atoms with Crippen LogP contribution < -0.4 is 0 Å². The standard InChI is InChI=1S/C19H16F3N3O2/c1-2-27-18(26)15-10-8-14(9-11-15)16-17(19(20,21)22)25(24-23-16)12-13-6-4-3-5-7-13/h3-11H,2,12H2,1H3. The van der Waals surface area contributed by atoms with Crippen molar-refractivity contribution in [1.82, 2.24) is 15.0 Å². The number of rotatable bonds is 5. The maximum atomic E-state index is 13.7. The minimum Gasteiger partial charge on any atom is -0.462 e. The molecule has 0 spiro atoms. The molecule has 0 aliphatic carbocycles. The van der Waals surface area contributed by atoms with Crippen LogP contribution in [0.5, 0.6) is 0 Å². The van der Waals surface area contributed by atoms with Crippen LogP contribution in [0.2, 0.25) is 0 Å². The average Bonchev–Trinajstić information content (AvgIpc) is 3.07. The van der Waals surface area contributed by atoms with Gasteiger partial charge in [0.05, 0.1) is 18.7 Å². The first-order valence-corrected chi connectivity index (χ1v) is 8.22. The molecule has 0 amide bonds. The van der Waals surface area contributed by atoms with Gasteiger partial charge in [0.1, 0.15) is 5.69 Å². The molecule has 0 saturated heterocycles. The number of halogens is 3. The van der Waals surface area contributed by atoms with Crippen LogP contribution in [0.15, 0.2) is 54.6 Å². The van der Waals surface area contributed by atoms with Crippen molar-refractivity contribution in [2.45, 2.75) is 19.6 Å². The largest absolute Gasteiger partial charge is 0.462 e. The average molecular weight is 375 g/mol. The van der Waals surface area contributed by atoms with E-state index in [0.717, 1.165) is 4.68 Å². The van der Waals surface area contributed by atoms with E-state index in [2.05, 4.69) is 10.3 Å². The highest BCUT2D eigenvalue weighted by molar-refractivity contribution is 5.90. The molecule has 0 radical (unpaired) electrons. The Morgan fingerprint density at radius 3 is 2.33 bits per heavy atom. The van der Waals surface area contributed by atoms with Gasteiger partial charge in [-0.3, -0.25) is 0 Å². The lowest BCUT2D eigenvalue weighted by atomic mass is 10.1. The summed E-state index contributed by atoms with van der Waals surface area (Å²) in [6.07, 6.45) is -4.63. The van der Waals surface area contributed by atoms with Gasteiger partial charge in [-0.05, 0) is 24.6 Å². The Morgan fingerprint density at radius 1 is 1.07 bits per heavy atom. The number of hydrogen-bond donors (Lipinski definition) is 0. The molecule has 3 rings (SSSR count). The molecule has 0 aliphatic heterocycles. The number of alkyl halides is 3. The summed E-state index contributed by atoms with van der Waals surface area (Å²) in [6.45, 7) is 1.84. The van der Waals surface area contributed by atoms with Crippen molar-refractivity contribution in [3.63, 3.8) is 0 Å². The van der Waals surface area contributed by atoms with Gasteiger partial charge in [-0.25, -0.2) is 9.48 Å². The molecular weight excluding hydrogens is 359 g/mol. The van der Waals surface area contributed by atoms with E-state index in [-0.39, 0.29) is 30.0 Å². The summed E-state index contributed by atoms with van der Waals surface area (Å²) >= 11 is 0. The molecule has 0 N–H and O–H groups in total. The van der Waals surface area contributed by atoms with Gasteiger partial charge in [0.2, 0.25) is 0 Å². The molecule has 0 unspecified atom stereocenters. The monoisotopic (exact) mass is 375 g/mol. The first kappa shape index (κ1) is 18.6. The van der Waals surface area contributed by atoms with E-state index >= 15 is 0 Å². The molecule has 5 nitrogen and oxygen atoms in total. The fraction of sp³-hybridized carbons (Fsp3) is 0.211. The van der Waals surface area contributed by atoms with Gasteiger partial charge in [0, 0.05) is 5.56 Å². The summed E-state index contributed by atoms with van der Waals surface area (Å²) in [5.41, 5.74) is -0.0679. The maximum absolute atomic E-state index is 13.7. The lowest BCUT2D eigenvalue weighted by molar-refractivity contribution is -0.143. The van der Waals surface area contributed by atoms with Gasteiger partial charge < -0.3 is 4.74 Å². The van der Waals surface area contributed by atoms with Crippen LogP contribution in [0.25, 0.3) is 11.3 Å². The zero-order valence-corrected chi connectivity index (χ0v) is 14.4. The molecule has 0 fully saturated rings. The van der Waals surface area contributed by atoms with Crippen LogP contribution in [0.3, 0.4) is 0 Å². The smallest absolute Gasteiger partial charge is 0.435 e. The van der Waals surface area contributed by atoms with Crippen LogP contribution in [-0.4, -0.2) is 27.6 Å². The fourth-order valence-electron chi connectivity index (χ4n) is 2.63. The number of hydrogen-bond acceptors (Lipinski definition) is 4. The number of carbonyl (C=O) groups is 1. The third-order valence-electron chi connectivity index (χ3n) is 3.85. The van der Waals surface area contributed by atoms with Gasteiger partial charge >= 0.3 is 12.1 Å². The van der Waals surface area contributed by atoms with Crippen molar-refractivity contribution in [3.8, 4) is 11.3 Å². The van der Waals surface area contributed by atoms with E-state index in [4.69, 9.17) is 4.74 Å². The number of ether oxygens (including phenoxy) is 1. The van der Waals surface area contributed by atoms with Crippen molar-refractivity contribution < 1.29 is 22.7 Å². The van der Waals surface area contributed by atoms with E-state index in [9.17, 15) is 18.0 Å². The molecule has 3 aromatic rings. The van der Waals surface area contributed by atoms with E-state index in [0.29, 0.717) is 5.56 Å². The molecule has 140 valence electrons. The van der Waals surface area contributed by atoms with Crippen LogP contribution in [-0.2, 0) is 17.5 Å². The first-order valence-electron chi connectivity index (χ1n) is 8.22. The minimum atomic E-state index is -4.63. The summed E-state index contributed by atoms with van der Waals surface area (Å²) in [7, 11) is 0. The summed E-state index contributed by atoms with van der Waals surface area (Å²) in [6, 6.07) is 14.3. The molecule has 0 bridgehead atoms. The van der Waals surface area contributed by atoms with Crippen molar-refractivity contribution in [2.24, 2.45) is 0 Å². The Labute approximate surface area is 153 Å². The molecular formula is C19H16F3N3O2. The van der Waals surface area contributed by atoms with Crippen molar-refractivity contribution in [3.05, 3.63) is 71.4 Å². The molecule has 1 heterocycles. The molecule has 27 heavy (non-hydrogen) atoms. The SMILES string of the molecule is CCOC(=O)c1ccc(-c2nnn(Cc3ccccc3)c2C(F)(F)F)cc1. The molecule has 0 aliphatic rings. The van der Waals surface area contributed by atoms with Crippen molar-refractivity contribution in [1.29, 1.82) is 0 Å². The quantitative estimate of drug-likeness (QED) is 0.628. The van der Waals surface area contributed by atoms with Gasteiger partial charge in [0.25, 0.3) is 0 Å². The first-order chi connectivity index (χ1) is 12.9. The lowest BCUT2D eigenvalue weighted by Crippen LogP contribution is -2.16. The van der Waals surface area contributed by atoms with Gasteiger partial charge in [-0.2, -0.15) is 13.2 Å². The maximum Gasteiger partial charge on any atom is 0.435 e. The minimum absolute atomic E-state index is 0.0520. The molecule has 1 aromatic heterocycles. The second-order valence-electron chi connectivity index (χ2n) is 5.73. The highest BCUT2D eigenvalue weighted by Crippen LogP contribution is 2.36. The van der Waals surface area contributed by atoms with Crippen LogP contribution in [0.1, 0.15) is 28.5 Å². The summed E-state index contributed by atoms with van der Waals surface area (Å²) < 4.78 is 46.7. The van der Waals surface area contributed by atoms with Gasteiger partial charge in [-0.15, -0.1) is 5.10 Å². The highest BCUT2D eigenvalue weighted by Gasteiger charge is 2.39. The Hall–Kier alpha value is -3.16. The zero-order chi connectivity index (χ0) is 19.4. The van der Waals surface area contributed by atoms with E-state index < -0.39 is 17.8 Å². The van der Waals surface area contributed by atoms with E-state index in [1.54, 1.807) is 37.3 Å². The third-order valence-corrected chi connectivity index (χ3v) is 3.85. The van der Waals surface area contributed by atoms with E-state index in [1.807, 2.05) is 0 Å².